The third-order valence-electron chi connectivity index (χ3n) is 4.22. The largest absolute Gasteiger partial charge is 0.383 e. The number of rotatable bonds is 6. The highest BCUT2D eigenvalue weighted by Crippen LogP contribution is 2.20. The Morgan fingerprint density at radius 1 is 1.33 bits per heavy atom. The molecule has 21 heavy (non-hydrogen) atoms. The van der Waals surface area contributed by atoms with E-state index < -0.39 is 0 Å². The van der Waals surface area contributed by atoms with Gasteiger partial charge in [0.15, 0.2) is 0 Å². The van der Waals surface area contributed by atoms with Crippen LogP contribution < -0.4 is 5.32 Å². The molecule has 0 atom stereocenters. The lowest BCUT2D eigenvalue weighted by molar-refractivity contribution is -0.126. The van der Waals surface area contributed by atoms with Crippen molar-refractivity contribution in [3.05, 3.63) is 35.4 Å². The summed E-state index contributed by atoms with van der Waals surface area (Å²) in [6.45, 7) is 6.33. The summed E-state index contributed by atoms with van der Waals surface area (Å²) in [7, 11) is 1.65. The molecule has 1 aromatic rings. The second-order valence-corrected chi connectivity index (χ2v) is 5.76. The highest BCUT2D eigenvalue weighted by Gasteiger charge is 2.24. The second-order valence-electron chi connectivity index (χ2n) is 5.76. The summed E-state index contributed by atoms with van der Waals surface area (Å²) in [4.78, 5) is 14.5. The number of methoxy groups -OCH3 is 1. The van der Waals surface area contributed by atoms with Crippen molar-refractivity contribution in [2.75, 3.05) is 33.4 Å². The van der Waals surface area contributed by atoms with Gasteiger partial charge in [0.1, 0.15) is 0 Å². The lowest BCUT2D eigenvalue weighted by atomic mass is 9.95. The minimum atomic E-state index is 0.162. The number of hydrogen-bond donors (Lipinski definition) is 1. The highest BCUT2D eigenvalue weighted by molar-refractivity contribution is 5.78. The SMILES string of the molecule is COCCNC(=O)C1CCN(Cc2ccccc2C)CC1. The van der Waals surface area contributed by atoms with Crippen LogP contribution in [-0.4, -0.2) is 44.2 Å². The minimum absolute atomic E-state index is 0.162. The van der Waals surface area contributed by atoms with Gasteiger partial charge in [-0.2, -0.15) is 0 Å². The van der Waals surface area contributed by atoms with Gasteiger partial charge in [-0.25, -0.2) is 0 Å². The van der Waals surface area contributed by atoms with Crippen molar-refractivity contribution < 1.29 is 9.53 Å². The Kier molecular flexibility index (Phi) is 6.21. The van der Waals surface area contributed by atoms with Gasteiger partial charge in [0.05, 0.1) is 6.61 Å². The number of aryl methyl sites for hydroxylation is 1. The van der Waals surface area contributed by atoms with E-state index in [2.05, 4.69) is 41.4 Å². The van der Waals surface area contributed by atoms with E-state index in [1.54, 1.807) is 7.11 Å². The van der Waals surface area contributed by atoms with Gasteiger partial charge >= 0.3 is 0 Å². The van der Waals surface area contributed by atoms with Crippen molar-refractivity contribution in [1.82, 2.24) is 10.2 Å². The molecule has 1 aromatic carbocycles. The number of piperidine rings is 1. The molecule has 0 bridgehead atoms. The van der Waals surface area contributed by atoms with Crippen LogP contribution in [0.2, 0.25) is 0 Å². The van der Waals surface area contributed by atoms with Crippen molar-refractivity contribution in [3.63, 3.8) is 0 Å². The van der Waals surface area contributed by atoms with Crippen LogP contribution in [-0.2, 0) is 16.1 Å². The number of carbonyl (C=O) groups excluding carboxylic acids is 1. The van der Waals surface area contributed by atoms with E-state index in [0.29, 0.717) is 13.2 Å². The Labute approximate surface area is 127 Å². The summed E-state index contributed by atoms with van der Waals surface area (Å²) < 4.78 is 4.95. The van der Waals surface area contributed by atoms with Crippen molar-refractivity contribution in [2.45, 2.75) is 26.3 Å². The number of ether oxygens (including phenoxy) is 1. The fraction of sp³-hybridized carbons (Fsp3) is 0.588. The van der Waals surface area contributed by atoms with Gasteiger partial charge < -0.3 is 10.1 Å². The maximum atomic E-state index is 12.0. The third kappa shape index (κ3) is 4.83. The first-order chi connectivity index (χ1) is 10.2. The fourth-order valence-electron chi connectivity index (χ4n) is 2.80. The van der Waals surface area contributed by atoms with Gasteiger partial charge in [-0.1, -0.05) is 24.3 Å². The van der Waals surface area contributed by atoms with Gasteiger partial charge in [0.25, 0.3) is 0 Å². The molecule has 0 aromatic heterocycles. The molecule has 1 saturated heterocycles. The number of hydrogen-bond acceptors (Lipinski definition) is 3. The minimum Gasteiger partial charge on any atom is -0.383 e. The van der Waals surface area contributed by atoms with E-state index in [1.165, 1.54) is 11.1 Å². The van der Waals surface area contributed by atoms with E-state index in [-0.39, 0.29) is 11.8 Å². The monoisotopic (exact) mass is 290 g/mol. The molecular formula is C17H26N2O2. The lowest BCUT2D eigenvalue weighted by Crippen LogP contribution is -2.41. The lowest BCUT2D eigenvalue weighted by Gasteiger charge is -2.31. The maximum Gasteiger partial charge on any atom is 0.223 e. The summed E-state index contributed by atoms with van der Waals surface area (Å²) >= 11 is 0. The average Bonchev–Trinajstić information content (AvgIpc) is 2.50. The van der Waals surface area contributed by atoms with Crippen LogP contribution in [0.4, 0.5) is 0 Å². The van der Waals surface area contributed by atoms with E-state index >= 15 is 0 Å². The van der Waals surface area contributed by atoms with Crippen LogP contribution in [0.25, 0.3) is 0 Å². The predicted octanol–water partition coefficient (Wildman–Crippen LogP) is 1.97. The molecule has 0 aliphatic carbocycles. The molecule has 1 heterocycles. The first-order valence-corrected chi connectivity index (χ1v) is 7.74. The Hall–Kier alpha value is -1.39. The number of likely N-dealkylation sites (tertiary alicyclic amines) is 1. The molecule has 1 N–H and O–H groups in total. The third-order valence-corrected chi connectivity index (χ3v) is 4.22. The molecule has 4 heteroatoms. The molecule has 116 valence electrons. The van der Waals surface area contributed by atoms with E-state index in [4.69, 9.17) is 4.74 Å². The summed E-state index contributed by atoms with van der Waals surface area (Å²) in [5, 5.41) is 2.94. The molecule has 0 spiro atoms. The van der Waals surface area contributed by atoms with Gasteiger partial charge in [0, 0.05) is 26.1 Å². The first kappa shape index (κ1) is 16.0. The fourth-order valence-corrected chi connectivity index (χ4v) is 2.80. The zero-order valence-corrected chi connectivity index (χ0v) is 13.1. The van der Waals surface area contributed by atoms with Crippen LogP contribution in [0.1, 0.15) is 24.0 Å². The zero-order valence-electron chi connectivity index (χ0n) is 13.1. The molecule has 1 amide bonds. The smallest absolute Gasteiger partial charge is 0.223 e. The zero-order chi connectivity index (χ0) is 15.1. The van der Waals surface area contributed by atoms with Crippen LogP contribution in [0, 0.1) is 12.8 Å². The maximum absolute atomic E-state index is 12.0. The van der Waals surface area contributed by atoms with Gasteiger partial charge in [-0.05, 0) is 44.0 Å². The van der Waals surface area contributed by atoms with Crippen LogP contribution >= 0.6 is 0 Å². The summed E-state index contributed by atoms with van der Waals surface area (Å²) in [6, 6.07) is 8.53. The number of carbonyl (C=O) groups is 1. The molecule has 0 unspecified atom stereocenters. The van der Waals surface area contributed by atoms with Gasteiger partial charge in [-0.15, -0.1) is 0 Å². The Morgan fingerprint density at radius 3 is 2.71 bits per heavy atom. The van der Waals surface area contributed by atoms with Crippen molar-refractivity contribution >= 4 is 5.91 Å². The Bertz CT molecular complexity index is 454. The number of nitrogens with one attached hydrogen (secondary N) is 1. The number of benzene rings is 1. The van der Waals surface area contributed by atoms with Crippen LogP contribution in [0.5, 0.6) is 0 Å². The quantitative estimate of drug-likeness (QED) is 0.815. The van der Waals surface area contributed by atoms with Crippen LogP contribution in [0.15, 0.2) is 24.3 Å². The topological polar surface area (TPSA) is 41.6 Å². The normalized spacial score (nSPS) is 16.9. The number of nitrogens with zero attached hydrogens (tertiary/aromatic N) is 1. The van der Waals surface area contributed by atoms with E-state index in [0.717, 1.165) is 32.5 Å². The molecule has 4 nitrogen and oxygen atoms in total. The summed E-state index contributed by atoms with van der Waals surface area (Å²) in [6.07, 6.45) is 1.90. The molecule has 2 rings (SSSR count). The van der Waals surface area contributed by atoms with Crippen LogP contribution in [0.3, 0.4) is 0 Å². The molecule has 0 radical (unpaired) electrons. The molecule has 0 saturated carbocycles. The van der Waals surface area contributed by atoms with Crippen molar-refractivity contribution in [2.24, 2.45) is 5.92 Å². The summed E-state index contributed by atoms with van der Waals surface area (Å²) in [5.74, 6) is 0.345. The predicted molar refractivity (Wildman–Crippen MR) is 84.1 cm³/mol. The standard InChI is InChI=1S/C17H26N2O2/c1-14-5-3-4-6-16(14)13-19-10-7-15(8-11-19)17(20)18-9-12-21-2/h3-6,15H,7-13H2,1-2H3,(H,18,20). The van der Waals surface area contributed by atoms with E-state index in [9.17, 15) is 4.79 Å². The molecule has 1 fully saturated rings. The molecular weight excluding hydrogens is 264 g/mol. The Morgan fingerprint density at radius 2 is 2.05 bits per heavy atom. The van der Waals surface area contributed by atoms with Crippen molar-refractivity contribution in [1.29, 1.82) is 0 Å². The second kappa shape index (κ2) is 8.15. The molecule has 1 aliphatic heterocycles. The average molecular weight is 290 g/mol. The van der Waals surface area contributed by atoms with Gasteiger partial charge in [0.2, 0.25) is 5.91 Å². The Balaban J connectivity index is 1.75. The van der Waals surface area contributed by atoms with E-state index in [1.807, 2.05) is 0 Å². The molecule has 1 aliphatic rings. The highest BCUT2D eigenvalue weighted by atomic mass is 16.5. The summed E-state index contributed by atoms with van der Waals surface area (Å²) in [5.41, 5.74) is 2.73. The van der Waals surface area contributed by atoms with Gasteiger partial charge in [-0.3, -0.25) is 9.69 Å². The first-order valence-electron chi connectivity index (χ1n) is 7.74. The number of amides is 1. The van der Waals surface area contributed by atoms with Crippen molar-refractivity contribution in [3.8, 4) is 0 Å².